The monoisotopic (exact) mass is 2620 g/mol. The molecular formula is C107H136I6N13O10S3-. The summed E-state index contributed by atoms with van der Waals surface area (Å²) >= 11 is 14.0. The second kappa shape index (κ2) is 70.4. The number of amides is 7. The van der Waals surface area contributed by atoms with Gasteiger partial charge in [0.25, 0.3) is 0 Å². The van der Waals surface area contributed by atoms with Gasteiger partial charge in [-0.25, -0.2) is 29.0 Å². The number of alkyl carbamates (subject to hydrolysis) is 4. The Labute approximate surface area is 905 Å². The van der Waals surface area contributed by atoms with Gasteiger partial charge in [0.05, 0.1) is 68.2 Å². The Morgan fingerprint density at radius 1 is 0.403 bits per heavy atom. The van der Waals surface area contributed by atoms with Gasteiger partial charge in [-0.05, 0) is 143 Å². The number of nitrogens with zero attached hydrogens (tertiary/aromatic N) is 4. The van der Waals surface area contributed by atoms with E-state index >= 15 is 0 Å². The second-order valence-corrected chi connectivity index (χ2v) is 53.7. The Morgan fingerprint density at radius 3 is 0.914 bits per heavy atom. The van der Waals surface area contributed by atoms with E-state index < -0.39 is 53.7 Å². The third kappa shape index (κ3) is 55.8. The van der Waals surface area contributed by atoms with E-state index in [-0.39, 0.29) is 98.7 Å². The van der Waals surface area contributed by atoms with Crippen molar-refractivity contribution in [3.05, 3.63) is 385 Å². The maximum atomic E-state index is 13.8. The fraction of sp³-hybridized carbons (Fsp3) is 0.336. The number of benzene rings is 8. The summed E-state index contributed by atoms with van der Waals surface area (Å²) < 4.78 is 21.7. The molecule has 750 valence electrons. The zero-order chi connectivity index (χ0) is 99.6. The van der Waals surface area contributed by atoms with E-state index in [9.17, 15) is 28.8 Å². The smallest absolute Gasteiger partial charge is 0.407 e. The molecule has 0 fully saturated rings. The van der Waals surface area contributed by atoms with Gasteiger partial charge < -0.3 is 72.9 Å². The van der Waals surface area contributed by atoms with Crippen molar-refractivity contribution < 1.29 is 61.0 Å². The summed E-state index contributed by atoms with van der Waals surface area (Å²) in [5.74, 6) is -0.155. The topological polar surface area (TPSA) is 331 Å². The number of ether oxygens (including phenoxy) is 4. The molecule has 0 aliphatic carbocycles. The van der Waals surface area contributed by atoms with Crippen LogP contribution in [0.2, 0.25) is 0 Å². The number of nitrogens with one attached hydrogen (secondary N) is 6. The largest absolute Gasteiger partial charge is 0.444 e. The van der Waals surface area contributed by atoms with Crippen LogP contribution in [-0.2, 0) is 94.9 Å². The van der Waals surface area contributed by atoms with Crippen LogP contribution in [0.3, 0.4) is 0 Å². The Kier molecular flexibility index (Phi) is 62.3. The van der Waals surface area contributed by atoms with Crippen molar-refractivity contribution in [1.29, 1.82) is 0 Å². The average Bonchev–Trinajstić information content (AvgIpc) is 1.81. The number of carbonyl (C=O) groups excluding carboxylic acids is 6. The Balaban J connectivity index is 0.000000395. The van der Waals surface area contributed by atoms with Gasteiger partial charge in [-0.3, -0.25) is 14.8 Å². The van der Waals surface area contributed by atoms with E-state index in [1.54, 1.807) is 41.8 Å². The molecular weight excluding hydrogens is 2480 g/mol. The van der Waals surface area contributed by atoms with Crippen molar-refractivity contribution >= 4 is 169 Å². The van der Waals surface area contributed by atoms with Gasteiger partial charge in [0.1, 0.15) is 30.5 Å². The first-order valence-electron chi connectivity index (χ1n) is 45.0. The van der Waals surface area contributed by atoms with Gasteiger partial charge in [-0.15, -0.1) is 58.0 Å². The van der Waals surface area contributed by atoms with Gasteiger partial charge in [-0.2, -0.15) is 0 Å². The van der Waals surface area contributed by atoms with Crippen molar-refractivity contribution in [1.82, 2.24) is 51.8 Å². The summed E-state index contributed by atoms with van der Waals surface area (Å²) in [6.45, 7) is 19.6. The van der Waals surface area contributed by atoms with Crippen LogP contribution in [0.15, 0.2) is 320 Å². The molecule has 12 N–H and O–H groups in total. The molecule has 7 amide bonds. The molecule has 8 aromatic carbocycles. The first-order valence-corrected chi connectivity index (χ1v) is 66.5. The minimum Gasteiger partial charge on any atom is -0.444 e. The number of rotatable bonds is 39. The Morgan fingerprint density at radius 2 is 0.662 bits per heavy atom. The van der Waals surface area contributed by atoms with Crippen molar-refractivity contribution in [2.75, 3.05) is 7.05 Å². The number of aromatic nitrogens is 3. The molecule has 11 aromatic rings. The van der Waals surface area contributed by atoms with Crippen LogP contribution < -0.4 is 62.4 Å². The SMILES string of the molecule is C.CC(C)(C)OC(=O)N[C@H](/C=C/[C@H](Cc1ccccc1)NC(=O)OC(C)(C)C)Cc1ccccc1.CC(C)c1nc(CN(C)C(=O)N[C@H](C(=O)N[C@H](/C=C/[C@H](Cc2ccccc2)NC(=O)OCc2cncs2)Cc2ccccc2)C(C)C)cs1.I.II.I[I-]I.N[C@H](/C=C/[C@@H](N)Cc1ccccc1)Cc1ccccc1.N[C@H](/C=C/[C@H](Cc1ccccc1)NC(=O)OCc1cncs1)Cc1ccccc1. The van der Waals surface area contributed by atoms with Crippen LogP contribution in [0.4, 0.5) is 24.0 Å². The van der Waals surface area contributed by atoms with E-state index in [4.69, 9.17) is 36.1 Å². The molecule has 0 unspecified atom stereocenters. The second-order valence-electron chi connectivity index (χ2n) is 34.7. The van der Waals surface area contributed by atoms with E-state index in [1.165, 1.54) is 44.3 Å². The fourth-order valence-electron chi connectivity index (χ4n) is 13.4. The van der Waals surface area contributed by atoms with Crippen molar-refractivity contribution in [3.8, 4) is 0 Å². The fourth-order valence-corrected chi connectivity index (χ4v) is 15.2. The predicted molar refractivity (Wildman–Crippen MR) is 611 cm³/mol. The van der Waals surface area contributed by atoms with E-state index in [0.29, 0.717) is 57.8 Å². The Bertz CT molecular complexity index is 5150. The van der Waals surface area contributed by atoms with Crippen LogP contribution in [0, 0.1) is 5.92 Å². The number of thiazole rings is 3. The molecule has 139 heavy (non-hydrogen) atoms. The third-order valence-electron chi connectivity index (χ3n) is 19.8. The molecule has 9 atom stereocenters. The maximum Gasteiger partial charge on any atom is 0.407 e. The number of hydrogen-bond acceptors (Lipinski definition) is 19. The number of hydrogen-bond donors (Lipinski definition) is 9. The van der Waals surface area contributed by atoms with Gasteiger partial charge in [-0.1, -0.05) is 326 Å². The van der Waals surface area contributed by atoms with Crippen LogP contribution in [0.1, 0.15) is 148 Å². The summed E-state index contributed by atoms with van der Waals surface area (Å²) in [4.78, 5) is 93.0. The number of carbonyl (C=O) groups is 6. The van der Waals surface area contributed by atoms with E-state index in [1.807, 2.05) is 316 Å². The van der Waals surface area contributed by atoms with Crippen LogP contribution >= 0.6 is 132 Å². The first kappa shape index (κ1) is 123. The summed E-state index contributed by atoms with van der Waals surface area (Å²) in [6, 6.07) is 77.3. The summed E-state index contributed by atoms with van der Waals surface area (Å²) in [7, 11) is 1.70. The summed E-state index contributed by atoms with van der Waals surface area (Å²) in [5, 5.41) is 20.8. The maximum absolute atomic E-state index is 13.8. The Hall–Kier alpha value is -8.31. The standard InChI is InChI=1S/C37H46N6O4S2.C28H38N2O4.C23H25N3O2S.C18H22N2.CH4.I3.I2.HI/c1-25(2)33(42-36(45)43(5)21-31-23-48-35(40-31)26(3)4)34(44)39-29(18-27-12-8-6-9-13-27)16-17-30(19-28-14-10-7-11-15-28)41-37(46)47-22-32-20-38-24-49-32;1-27(2,3)33-25(31)29-23(19-21-13-9-7-10-14-21)17-18-24(20-22-15-11-8-12-16-22)30-26(32)34-28(4,5)6;24-20(13-18-7-3-1-4-8-18)11-12-21(14-19-9-5-2-6-10-19)26-23(27)28-16-22-15-25-17-29-22;19-17(13-15-7-3-1-4-8-15)11-12-18(20)14-16-9-5-2-6-10-16;;1-3-2;1-2;/h6-17,20,23-26,29-30,33H,18-19,21-22H2,1-5H3,(H,39,44)(H,41,46)(H,42,45);7-18,23-24H,19-20H2,1-6H3,(H,29,31)(H,30,32);1-12,15,17,20-21H,13-14,16,24H2,(H,26,27);1-12,17-18H,13-14,19-20H2;1H4;;;1H/q;;;;;-1;;/b17-16+;18-17+;2*12-11+;;;;/t29-,30-,33+;23-,24-;20-,21-;17-,18-;;;;/m1111..../s1. The number of urea groups is 1. The van der Waals surface area contributed by atoms with Gasteiger partial charge in [0.15, 0.2) is 0 Å². The number of halogens is 6. The van der Waals surface area contributed by atoms with Gasteiger partial charge >= 0.3 is 80.9 Å². The third-order valence-corrected chi connectivity index (χ3v) is 22.5. The van der Waals surface area contributed by atoms with Gasteiger partial charge in [0.2, 0.25) is 5.91 Å². The summed E-state index contributed by atoms with van der Waals surface area (Å²) in [6.07, 6.45) is 22.2. The first-order chi connectivity index (χ1) is 65.8. The zero-order valence-corrected chi connectivity index (χ0v) is 95.4. The number of nitrogens with two attached hydrogens (primary N) is 3. The van der Waals surface area contributed by atoms with Crippen molar-refractivity contribution in [3.63, 3.8) is 0 Å². The van der Waals surface area contributed by atoms with Crippen molar-refractivity contribution in [2.24, 2.45) is 23.1 Å². The molecule has 23 nitrogen and oxygen atoms in total. The molecule has 0 spiro atoms. The quantitative estimate of drug-likeness (QED) is 0.00982. The molecule has 3 heterocycles. The molecule has 11 rings (SSSR count). The van der Waals surface area contributed by atoms with Crippen molar-refractivity contribution in [2.45, 2.75) is 219 Å². The molecule has 3 aromatic heterocycles. The minimum absolute atomic E-state index is 0. The molecule has 0 aliphatic heterocycles. The van der Waals surface area contributed by atoms with Crippen LogP contribution in [0.25, 0.3) is 0 Å². The average molecular weight is 2620 g/mol. The normalized spacial score (nSPS) is 13.0. The predicted octanol–water partition coefficient (Wildman–Crippen LogP) is 21.1. The van der Waals surface area contributed by atoms with Gasteiger partial charge in [0, 0.05) is 86.1 Å². The molecule has 0 radical (unpaired) electrons. The zero-order valence-electron chi connectivity index (χ0n) is 79.9. The molecule has 0 saturated carbocycles. The van der Waals surface area contributed by atoms with Crippen LogP contribution in [-0.4, -0.2) is 129 Å². The molecule has 32 heteroatoms. The van der Waals surface area contributed by atoms with Crippen LogP contribution in [0.5, 0.6) is 0 Å². The summed E-state index contributed by atoms with van der Waals surface area (Å²) in [5.41, 5.74) is 30.5. The molecule has 0 aliphatic rings. The van der Waals surface area contributed by atoms with E-state index in [0.717, 1.165) is 67.5 Å². The van der Waals surface area contributed by atoms with E-state index in [2.05, 4.69) is 172 Å². The minimum atomic E-state index is -0.775. The molecule has 0 bridgehead atoms. The molecule has 0 saturated heterocycles.